The van der Waals surface area contributed by atoms with Crippen molar-refractivity contribution in [3.63, 3.8) is 0 Å². The Balaban J connectivity index is 2.41. The third-order valence-corrected chi connectivity index (χ3v) is 3.12. The molecule has 0 heterocycles. The van der Waals surface area contributed by atoms with Crippen molar-refractivity contribution in [1.29, 1.82) is 0 Å². The summed E-state index contributed by atoms with van der Waals surface area (Å²) < 4.78 is 0. The Morgan fingerprint density at radius 1 is 0.889 bits per heavy atom. The molecule has 0 atom stereocenters. The van der Waals surface area contributed by atoms with Gasteiger partial charge in [-0.3, -0.25) is 0 Å². The van der Waals surface area contributed by atoms with Crippen molar-refractivity contribution < 1.29 is 4.84 Å². The third-order valence-electron chi connectivity index (χ3n) is 3.12. The lowest BCUT2D eigenvalue weighted by atomic mass is 9.85. The number of hydroxylamine groups is 1. The number of hydrogen-bond acceptors (Lipinski definition) is 2. The van der Waals surface area contributed by atoms with Crippen LogP contribution in [-0.2, 0) is 10.4 Å². The summed E-state index contributed by atoms with van der Waals surface area (Å²) in [5, 5.41) is 0. The predicted octanol–water partition coefficient (Wildman–Crippen LogP) is 3.49. The lowest BCUT2D eigenvalue weighted by molar-refractivity contribution is 0.00155. The molecular weight excluding hydrogens is 222 g/mol. The zero-order valence-corrected chi connectivity index (χ0v) is 10.9. The quantitative estimate of drug-likeness (QED) is 0.809. The Morgan fingerprint density at radius 2 is 1.33 bits per heavy atom. The molecule has 0 unspecified atom stereocenters. The largest absolute Gasteiger partial charge is 0.301 e. The van der Waals surface area contributed by atoms with Crippen LogP contribution in [0.25, 0.3) is 0 Å². The van der Waals surface area contributed by atoms with E-state index in [1.165, 1.54) is 11.1 Å². The lowest BCUT2D eigenvalue weighted by Gasteiger charge is -2.31. The van der Waals surface area contributed by atoms with Crippen LogP contribution in [0.1, 0.15) is 25.0 Å². The van der Waals surface area contributed by atoms with Crippen LogP contribution in [0.15, 0.2) is 60.7 Å². The van der Waals surface area contributed by atoms with Gasteiger partial charge >= 0.3 is 0 Å². The molecule has 0 saturated carbocycles. The first-order valence-electron chi connectivity index (χ1n) is 6.27. The van der Waals surface area contributed by atoms with E-state index in [4.69, 9.17) is 4.84 Å². The molecule has 18 heavy (non-hydrogen) atoms. The molecule has 0 aliphatic rings. The van der Waals surface area contributed by atoms with E-state index in [0.29, 0.717) is 6.61 Å². The molecule has 1 N–H and O–H groups in total. The second kappa shape index (κ2) is 5.80. The average Bonchev–Trinajstić information content (AvgIpc) is 2.46. The topological polar surface area (TPSA) is 21.3 Å². The standard InChI is InChI=1S/C16H19NO/c1-3-18-17-16(2,14-10-6-4-7-11-14)15-12-8-5-9-13-15/h4-13,17H,3H2,1-2H3. The summed E-state index contributed by atoms with van der Waals surface area (Å²) in [6.45, 7) is 4.74. The number of benzene rings is 2. The van der Waals surface area contributed by atoms with Gasteiger partial charge in [-0.05, 0) is 25.0 Å². The molecule has 0 saturated heterocycles. The van der Waals surface area contributed by atoms with Crippen LogP contribution in [0.2, 0.25) is 0 Å². The van der Waals surface area contributed by atoms with E-state index in [2.05, 4.69) is 36.7 Å². The summed E-state index contributed by atoms with van der Waals surface area (Å²) in [7, 11) is 0. The molecule has 0 radical (unpaired) electrons. The van der Waals surface area contributed by atoms with E-state index in [9.17, 15) is 0 Å². The van der Waals surface area contributed by atoms with Crippen molar-refractivity contribution >= 4 is 0 Å². The molecule has 2 heteroatoms. The van der Waals surface area contributed by atoms with Crippen LogP contribution in [0.5, 0.6) is 0 Å². The maximum atomic E-state index is 5.46. The molecule has 0 aromatic heterocycles. The van der Waals surface area contributed by atoms with Crippen molar-refractivity contribution in [3.05, 3.63) is 71.8 Å². The molecular formula is C16H19NO. The average molecular weight is 241 g/mol. The van der Waals surface area contributed by atoms with Crippen LogP contribution in [0.3, 0.4) is 0 Å². The summed E-state index contributed by atoms with van der Waals surface area (Å²) in [5.74, 6) is 0. The van der Waals surface area contributed by atoms with Gasteiger partial charge in [0, 0.05) is 0 Å². The van der Waals surface area contributed by atoms with Gasteiger partial charge in [-0.25, -0.2) is 0 Å². The van der Waals surface area contributed by atoms with Crippen molar-refractivity contribution in [1.82, 2.24) is 5.48 Å². The fraction of sp³-hybridized carbons (Fsp3) is 0.250. The smallest absolute Gasteiger partial charge is 0.0901 e. The highest BCUT2D eigenvalue weighted by atomic mass is 16.6. The Bertz CT molecular complexity index is 427. The zero-order chi connectivity index (χ0) is 12.8. The molecule has 0 spiro atoms. The normalized spacial score (nSPS) is 11.4. The molecule has 2 rings (SSSR count). The highest BCUT2D eigenvalue weighted by Crippen LogP contribution is 2.28. The van der Waals surface area contributed by atoms with Gasteiger partial charge in [0.15, 0.2) is 0 Å². The first kappa shape index (κ1) is 12.8. The van der Waals surface area contributed by atoms with Crippen molar-refractivity contribution in [2.75, 3.05) is 6.61 Å². The fourth-order valence-corrected chi connectivity index (χ4v) is 2.04. The third kappa shape index (κ3) is 2.61. The minimum Gasteiger partial charge on any atom is -0.301 e. The molecule has 0 aliphatic carbocycles. The predicted molar refractivity (Wildman–Crippen MR) is 74.1 cm³/mol. The van der Waals surface area contributed by atoms with Gasteiger partial charge in [0.25, 0.3) is 0 Å². The van der Waals surface area contributed by atoms with Crippen LogP contribution in [-0.4, -0.2) is 6.61 Å². The molecule has 0 fully saturated rings. The molecule has 2 aromatic rings. The van der Waals surface area contributed by atoms with Gasteiger partial charge in [-0.1, -0.05) is 60.7 Å². The minimum atomic E-state index is -0.335. The molecule has 0 aliphatic heterocycles. The fourth-order valence-electron chi connectivity index (χ4n) is 2.04. The van der Waals surface area contributed by atoms with Gasteiger partial charge in [-0.2, -0.15) is 5.48 Å². The summed E-state index contributed by atoms with van der Waals surface area (Å²) in [6.07, 6.45) is 0. The van der Waals surface area contributed by atoms with E-state index in [1.54, 1.807) is 0 Å². The summed E-state index contributed by atoms with van der Waals surface area (Å²) >= 11 is 0. The Kier molecular flexibility index (Phi) is 4.13. The van der Waals surface area contributed by atoms with Crippen molar-refractivity contribution in [2.45, 2.75) is 19.4 Å². The lowest BCUT2D eigenvalue weighted by Crippen LogP contribution is -2.40. The highest BCUT2D eigenvalue weighted by molar-refractivity contribution is 5.36. The molecule has 2 nitrogen and oxygen atoms in total. The summed E-state index contributed by atoms with van der Waals surface area (Å²) in [4.78, 5) is 5.46. The first-order chi connectivity index (χ1) is 8.77. The van der Waals surface area contributed by atoms with E-state index in [-0.39, 0.29) is 5.54 Å². The summed E-state index contributed by atoms with van der Waals surface area (Å²) in [6, 6.07) is 20.7. The van der Waals surface area contributed by atoms with Crippen LogP contribution in [0.4, 0.5) is 0 Å². The van der Waals surface area contributed by atoms with Crippen LogP contribution >= 0.6 is 0 Å². The Morgan fingerprint density at radius 3 is 1.72 bits per heavy atom. The van der Waals surface area contributed by atoms with E-state index < -0.39 is 0 Å². The maximum absolute atomic E-state index is 5.46. The van der Waals surface area contributed by atoms with Crippen molar-refractivity contribution in [3.8, 4) is 0 Å². The van der Waals surface area contributed by atoms with E-state index in [0.717, 1.165) is 0 Å². The molecule has 0 bridgehead atoms. The SMILES string of the molecule is CCONC(C)(c1ccccc1)c1ccccc1. The number of nitrogens with one attached hydrogen (secondary N) is 1. The Hall–Kier alpha value is -1.64. The minimum absolute atomic E-state index is 0.335. The number of rotatable bonds is 5. The molecule has 94 valence electrons. The van der Waals surface area contributed by atoms with Gasteiger partial charge in [0.05, 0.1) is 12.1 Å². The monoisotopic (exact) mass is 241 g/mol. The van der Waals surface area contributed by atoms with Crippen LogP contribution < -0.4 is 5.48 Å². The zero-order valence-electron chi connectivity index (χ0n) is 10.9. The van der Waals surface area contributed by atoms with E-state index in [1.807, 2.05) is 43.3 Å². The second-order valence-electron chi connectivity index (χ2n) is 4.39. The van der Waals surface area contributed by atoms with Gasteiger partial charge < -0.3 is 4.84 Å². The van der Waals surface area contributed by atoms with Gasteiger partial charge in [0.1, 0.15) is 0 Å². The second-order valence-corrected chi connectivity index (χ2v) is 4.39. The Labute approximate surface area is 109 Å². The van der Waals surface area contributed by atoms with E-state index >= 15 is 0 Å². The maximum Gasteiger partial charge on any atom is 0.0901 e. The van der Waals surface area contributed by atoms with Gasteiger partial charge in [0.2, 0.25) is 0 Å². The molecule has 0 amide bonds. The first-order valence-corrected chi connectivity index (χ1v) is 6.27. The van der Waals surface area contributed by atoms with Crippen molar-refractivity contribution in [2.24, 2.45) is 0 Å². The highest BCUT2D eigenvalue weighted by Gasteiger charge is 2.28. The molecule has 2 aromatic carbocycles. The summed E-state index contributed by atoms with van der Waals surface area (Å²) in [5.41, 5.74) is 5.21. The van der Waals surface area contributed by atoms with Crippen LogP contribution in [0, 0.1) is 0 Å². The number of hydrogen-bond donors (Lipinski definition) is 1. The van der Waals surface area contributed by atoms with Gasteiger partial charge in [-0.15, -0.1) is 0 Å².